The van der Waals surface area contributed by atoms with Gasteiger partial charge in [0.15, 0.2) is 10.8 Å². The van der Waals surface area contributed by atoms with Gasteiger partial charge in [0.25, 0.3) is 0 Å². The first-order chi connectivity index (χ1) is 12.1. The molecule has 0 saturated heterocycles. The molecular formula is C17H26N6OS. The van der Waals surface area contributed by atoms with E-state index in [-0.39, 0.29) is 11.8 Å². The fraction of sp³-hybridized carbons (Fsp3) is 0.647. The molecule has 2 N–H and O–H groups in total. The Balaban J connectivity index is 1.78. The number of fused-ring (bicyclic) bond motifs is 1. The van der Waals surface area contributed by atoms with Crippen molar-refractivity contribution >= 4 is 34.5 Å². The van der Waals surface area contributed by atoms with Crippen molar-refractivity contribution in [3.8, 4) is 0 Å². The number of carbonyl (C=O) groups excluding carboxylic acids is 1. The van der Waals surface area contributed by atoms with Crippen LogP contribution in [-0.4, -0.2) is 44.0 Å². The van der Waals surface area contributed by atoms with Crippen molar-refractivity contribution in [1.29, 1.82) is 0 Å². The van der Waals surface area contributed by atoms with Gasteiger partial charge in [-0.05, 0) is 19.3 Å². The van der Waals surface area contributed by atoms with Gasteiger partial charge in [0.1, 0.15) is 5.82 Å². The van der Waals surface area contributed by atoms with Crippen LogP contribution in [0.15, 0.2) is 11.4 Å². The van der Waals surface area contributed by atoms with Gasteiger partial charge in [0.2, 0.25) is 5.91 Å². The molecule has 2 heterocycles. The summed E-state index contributed by atoms with van der Waals surface area (Å²) in [4.78, 5) is 21.1. The van der Waals surface area contributed by atoms with E-state index >= 15 is 0 Å². The van der Waals surface area contributed by atoms with Crippen molar-refractivity contribution in [2.24, 2.45) is 5.92 Å². The van der Waals surface area contributed by atoms with E-state index in [1.807, 2.05) is 4.68 Å². The van der Waals surface area contributed by atoms with Gasteiger partial charge in [0, 0.05) is 24.3 Å². The van der Waals surface area contributed by atoms with Crippen LogP contribution in [0.25, 0.3) is 11.0 Å². The topological polar surface area (TPSA) is 84.7 Å². The average Bonchev–Trinajstić information content (AvgIpc) is 3.34. The van der Waals surface area contributed by atoms with E-state index in [0.29, 0.717) is 18.3 Å². The molecule has 0 aromatic carbocycles. The molecule has 136 valence electrons. The molecule has 7 nitrogen and oxygen atoms in total. The summed E-state index contributed by atoms with van der Waals surface area (Å²) in [6.45, 7) is 8.42. The molecule has 2 aromatic heterocycles. The van der Waals surface area contributed by atoms with Crippen molar-refractivity contribution in [3.05, 3.63) is 6.20 Å². The minimum atomic E-state index is 0.160. The van der Waals surface area contributed by atoms with Crippen molar-refractivity contribution in [2.75, 3.05) is 18.4 Å². The number of anilines is 1. The number of amides is 1. The van der Waals surface area contributed by atoms with E-state index in [9.17, 15) is 4.79 Å². The summed E-state index contributed by atoms with van der Waals surface area (Å²) < 4.78 is 1.85. The first-order valence-corrected chi connectivity index (χ1v) is 9.88. The van der Waals surface area contributed by atoms with Crippen molar-refractivity contribution in [1.82, 2.24) is 25.1 Å². The molecule has 0 atom stereocenters. The van der Waals surface area contributed by atoms with Crippen LogP contribution < -0.4 is 10.6 Å². The maximum atomic E-state index is 11.8. The molecular weight excluding hydrogens is 336 g/mol. The van der Waals surface area contributed by atoms with Gasteiger partial charge >= 0.3 is 0 Å². The summed E-state index contributed by atoms with van der Waals surface area (Å²) >= 11 is 1.64. The molecule has 2 aromatic rings. The minimum absolute atomic E-state index is 0.160. The molecule has 0 aliphatic heterocycles. The third-order valence-electron chi connectivity index (χ3n) is 3.93. The van der Waals surface area contributed by atoms with Crippen LogP contribution in [0.1, 0.15) is 40.0 Å². The Morgan fingerprint density at radius 1 is 1.36 bits per heavy atom. The molecule has 1 amide bonds. The summed E-state index contributed by atoms with van der Waals surface area (Å²) in [7, 11) is 0. The average molecular weight is 363 g/mol. The van der Waals surface area contributed by atoms with Crippen molar-refractivity contribution in [3.63, 3.8) is 0 Å². The quantitative estimate of drug-likeness (QED) is 0.527. The highest BCUT2D eigenvalue weighted by Crippen LogP contribution is 2.29. The summed E-state index contributed by atoms with van der Waals surface area (Å²) in [5, 5.41) is 12.9. The van der Waals surface area contributed by atoms with Crippen LogP contribution in [0.4, 0.5) is 5.82 Å². The van der Waals surface area contributed by atoms with Gasteiger partial charge < -0.3 is 10.6 Å². The Morgan fingerprint density at radius 2 is 2.16 bits per heavy atom. The largest absolute Gasteiger partial charge is 0.369 e. The molecule has 0 bridgehead atoms. The van der Waals surface area contributed by atoms with Gasteiger partial charge in [-0.25, -0.2) is 14.6 Å². The zero-order chi connectivity index (χ0) is 17.8. The highest BCUT2D eigenvalue weighted by atomic mass is 32.2. The van der Waals surface area contributed by atoms with Crippen molar-refractivity contribution in [2.45, 2.75) is 57.0 Å². The second-order valence-corrected chi connectivity index (χ2v) is 8.16. The number of nitrogens with zero attached hydrogens (tertiary/aromatic N) is 4. The Kier molecular flexibility index (Phi) is 5.78. The van der Waals surface area contributed by atoms with Crippen LogP contribution >= 0.6 is 11.8 Å². The highest BCUT2D eigenvalue weighted by molar-refractivity contribution is 7.99. The van der Waals surface area contributed by atoms with E-state index in [2.05, 4.69) is 46.5 Å². The Hall–Kier alpha value is -1.83. The molecule has 0 radical (unpaired) electrons. The van der Waals surface area contributed by atoms with E-state index in [1.165, 1.54) is 0 Å². The number of nitrogens with one attached hydrogen (secondary N) is 2. The summed E-state index contributed by atoms with van der Waals surface area (Å²) in [5.41, 5.74) is 0.817. The lowest BCUT2D eigenvalue weighted by Gasteiger charge is -2.10. The van der Waals surface area contributed by atoms with Gasteiger partial charge in [-0.15, -0.1) is 0 Å². The normalized spacial score (nSPS) is 14.2. The molecule has 0 spiro atoms. The minimum Gasteiger partial charge on any atom is -0.369 e. The van der Waals surface area contributed by atoms with Gasteiger partial charge in [-0.3, -0.25) is 4.79 Å². The number of carbonyl (C=O) groups is 1. The van der Waals surface area contributed by atoms with Gasteiger partial charge in [0.05, 0.1) is 18.1 Å². The second kappa shape index (κ2) is 8.03. The Bertz CT molecular complexity index is 740. The third-order valence-corrected chi connectivity index (χ3v) is 4.80. The summed E-state index contributed by atoms with van der Waals surface area (Å²) in [6.07, 6.45) is 4.87. The highest BCUT2D eigenvalue weighted by Gasteiger charge is 2.29. The van der Waals surface area contributed by atoms with Gasteiger partial charge in [-0.1, -0.05) is 32.5 Å². The molecule has 1 saturated carbocycles. The SMILES string of the molecule is CCCNc1nc(SC(C)C)nc2c1cnn2CCNC(=O)C1CC1. The van der Waals surface area contributed by atoms with Gasteiger partial charge in [-0.2, -0.15) is 5.10 Å². The van der Waals surface area contributed by atoms with E-state index < -0.39 is 0 Å². The standard InChI is InChI=1S/C17H26N6OS/c1-4-7-18-14-13-10-20-23(9-8-19-16(24)12-5-6-12)15(13)22-17(21-14)25-11(2)3/h10-12H,4-9H2,1-3H3,(H,19,24)(H,18,21,22). The molecule has 1 aliphatic rings. The lowest BCUT2D eigenvalue weighted by molar-refractivity contribution is -0.122. The van der Waals surface area contributed by atoms with Crippen LogP contribution in [0.2, 0.25) is 0 Å². The number of rotatable bonds is 9. The van der Waals surface area contributed by atoms with E-state index in [4.69, 9.17) is 0 Å². The predicted molar refractivity (Wildman–Crippen MR) is 101 cm³/mol. The number of hydrogen-bond donors (Lipinski definition) is 2. The lowest BCUT2D eigenvalue weighted by atomic mass is 10.3. The predicted octanol–water partition coefficient (Wildman–Crippen LogP) is 2.67. The third kappa shape index (κ3) is 4.62. The summed E-state index contributed by atoms with van der Waals surface area (Å²) in [5.74, 6) is 1.23. The zero-order valence-corrected chi connectivity index (χ0v) is 15.9. The zero-order valence-electron chi connectivity index (χ0n) is 15.1. The van der Waals surface area contributed by atoms with Crippen molar-refractivity contribution < 1.29 is 4.79 Å². The monoisotopic (exact) mass is 362 g/mol. The Labute approximate surface area is 152 Å². The second-order valence-electron chi connectivity index (χ2n) is 6.62. The van der Waals surface area contributed by atoms with Crippen LogP contribution in [0, 0.1) is 5.92 Å². The smallest absolute Gasteiger partial charge is 0.223 e. The lowest BCUT2D eigenvalue weighted by Crippen LogP contribution is -2.28. The first kappa shape index (κ1) is 18.0. The number of aromatic nitrogens is 4. The van der Waals surface area contributed by atoms with Crippen LogP contribution in [0.3, 0.4) is 0 Å². The van der Waals surface area contributed by atoms with Crippen LogP contribution in [0.5, 0.6) is 0 Å². The van der Waals surface area contributed by atoms with Crippen LogP contribution in [-0.2, 0) is 11.3 Å². The fourth-order valence-electron chi connectivity index (χ4n) is 2.52. The molecule has 8 heteroatoms. The van der Waals surface area contributed by atoms with E-state index in [0.717, 1.165) is 47.8 Å². The number of thioether (sulfide) groups is 1. The molecule has 1 aliphatic carbocycles. The molecule has 1 fully saturated rings. The summed E-state index contributed by atoms with van der Waals surface area (Å²) in [6, 6.07) is 0. The number of hydrogen-bond acceptors (Lipinski definition) is 6. The molecule has 25 heavy (non-hydrogen) atoms. The van der Waals surface area contributed by atoms with E-state index in [1.54, 1.807) is 18.0 Å². The maximum absolute atomic E-state index is 11.8. The fourth-order valence-corrected chi connectivity index (χ4v) is 3.22. The molecule has 0 unspecified atom stereocenters. The Morgan fingerprint density at radius 3 is 2.84 bits per heavy atom. The first-order valence-electron chi connectivity index (χ1n) is 9.00. The molecule has 3 rings (SSSR count). The maximum Gasteiger partial charge on any atom is 0.223 e.